The monoisotopic (exact) mass is 218 g/mol. The molecule has 0 aromatic carbocycles. The Morgan fingerprint density at radius 2 is 2.44 bits per heavy atom. The van der Waals surface area contributed by atoms with E-state index in [0.29, 0.717) is 11.9 Å². The van der Waals surface area contributed by atoms with E-state index in [1.165, 1.54) is 0 Å². The Bertz CT molecular complexity index is 502. The van der Waals surface area contributed by atoms with Gasteiger partial charge < -0.3 is 10.5 Å². The van der Waals surface area contributed by atoms with Gasteiger partial charge in [0.25, 0.3) is 0 Å². The van der Waals surface area contributed by atoms with Crippen molar-refractivity contribution in [1.82, 2.24) is 14.6 Å². The van der Waals surface area contributed by atoms with Gasteiger partial charge in [-0.3, -0.25) is 0 Å². The first-order valence-electron chi connectivity index (χ1n) is 5.54. The highest BCUT2D eigenvalue weighted by molar-refractivity contribution is 5.43. The van der Waals surface area contributed by atoms with Gasteiger partial charge in [0.15, 0.2) is 5.65 Å². The highest BCUT2D eigenvalue weighted by Gasteiger charge is 2.17. The Kier molecular flexibility index (Phi) is 2.25. The van der Waals surface area contributed by atoms with E-state index in [4.69, 9.17) is 10.5 Å². The number of hydrogen-bond donors (Lipinski definition) is 1. The third-order valence-electron chi connectivity index (χ3n) is 2.85. The van der Waals surface area contributed by atoms with Crippen molar-refractivity contribution in [1.29, 1.82) is 0 Å². The molecule has 3 heterocycles. The van der Waals surface area contributed by atoms with E-state index >= 15 is 0 Å². The number of hydrogen-bond acceptors (Lipinski definition) is 4. The molecule has 0 bridgehead atoms. The van der Waals surface area contributed by atoms with Crippen LogP contribution in [0.15, 0.2) is 18.3 Å². The Hall–Kier alpha value is -1.62. The summed E-state index contributed by atoms with van der Waals surface area (Å²) in [6.45, 7) is 0.878. The van der Waals surface area contributed by atoms with Crippen molar-refractivity contribution in [2.75, 3.05) is 12.3 Å². The molecule has 0 spiro atoms. The van der Waals surface area contributed by atoms with Crippen molar-refractivity contribution in [2.24, 2.45) is 0 Å². The van der Waals surface area contributed by atoms with Gasteiger partial charge in [-0.15, -0.1) is 5.10 Å². The van der Waals surface area contributed by atoms with Gasteiger partial charge in [0, 0.05) is 13.0 Å². The Balaban J connectivity index is 1.86. The van der Waals surface area contributed by atoms with Gasteiger partial charge in [0.05, 0.1) is 18.0 Å². The topological polar surface area (TPSA) is 65.4 Å². The highest BCUT2D eigenvalue weighted by Crippen LogP contribution is 2.17. The first-order valence-corrected chi connectivity index (χ1v) is 5.54. The molecule has 0 aliphatic carbocycles. The standard InChI is InChI=1S/C11H14N4O/c12-10-3-4-11-13-8(7-15(11)14-10)6-9-2-1-5-16-9/h3-4,7,9H,1-2,5-6H2,(H2,12,14). The zero-order valence-electron chi connectivity index (χ0n) is 8.97. The summed E-state index contributed by atoms with van der Waals surface area (Å²) in [6, 6.07) is 3.64. The molecule has 5 nitrogen and oxygen atoms in total. The molecule has 0 saturated carbocycles. The van der Waals surface area contributed by atoms with E-state index in [1.54, 1.807) is 10.6 Å². The third kappa shape index (κ3) is 1.74. The molecule has 1 atom stereocenters. The summed E-state index contributed by atoms with van der Waals surface area (Å²) in [4.78, 5) is 4.48. The van der Waals surface area contributed by atoms with E-state index in [0.717, 1.165) is 37.2 Å². The molecule has 16 heavy (non-hydrogen) atoms. The minimum Gasteiger partial charge on any atom is -0.382 e. The predicted octanol–water partition coefficient (Wildman–Crippen LogP) is 1.03. The number of fused-ring (bicyclic) bond motifs is 1. The normalized spacial score (nSPS) is 20.6. The van der Waals surface area contributed by atoms with Gasteiger partial charge in [0.1, 0.15) is 5.82 Å². The maximum absolute atomic E-state index is 5.61. The molecule has 5 heteroatoms. The van der Waals surface area contributed by atoms with Crippen molar-refractivity contribution in [2.45, 2.75) is 25.4 Å². The number of rotatable bonds is 2. The number of aromatic nitrogens is 3. The van der Waals surface area contributed by atoms with Gasteiger partial charge in [-0.25, -0.2) is 9.50 Å². The summed E-state index contributed by atoms with van der Waals surface area (Å²) in [5.74, 6) is 0.508. The van der Waals surface area contributed by atoms with Gasteiger partial charge in [-0.2, -0.15) is 0 Å². The van der Waals surface area contributed by atoms with Crippen LogP contribution in [0.1, 0.15) is 18.5 Å². The minimum atomic E-state index is 0.322. The summed E-state index contributed by atoms with van der Waals surface area (Å²) in [5.41, 5.74) is 7.47. The zero-order chi connectivity index (χ0) is 11.0. The van der Waals surface area contributed by atoms with Crippen LogP contribution in [0.4, 0.5) is 5.82 Å². The second kappa shape index (κ2) is 3.75. The van der Waals surface area contributed by atoms with E-state index in [-0.39, 0.29) is 0 Å². The van der Waals surface area contributed by atoms with Gasteiger partial charge >= 0.3 is 0 Å². The van der Waals surface area contributed by atoms with Crippen LogP contribution in [0.25, 0.3) is 5.65 Å². The molecular weight excluding hydrogens is 204 g/mol. The minimum absolute atomic E-state index is 0.322. The summed E-state index contributed by atoms with van der Waals surface area (Å²) < 4.78 is 7.30. The van der Waals surface area contributed by atoms with E-state index in [2.05, 4.69) is 10.1 Å². The van der Waals surface area contributed by atoms with Crippen LogP contribution in [-0.2, 0) is 11.2 Å². The van der Waals surface area contributed by atoms with Gasteiger partial charge in [-0.05, 0) is 25.0 Å². The van der Waals surface area contributed by atoms with Crippen LogP contribution >= 0.6 is 0 Å². The van der Waals surface area contributed by atoms with Crippen molar-refractivity contribution in [3.8, 4) is 0 Å². The quantitative estimate of drug-likeness (QED) is 0.817. The summed E-state index contributed by atoms with van der Waals surface area (Å²) in [5, 5.41) is 4.16. The Labute approximate surface area is 93.2 Å². The molecule has 1 aliphatic rings. The lowest BCUT2D eigenvalue weighted by molar-refractivity contribution is 0.111. The van der Waals surface area contributed by atoms with Gasteiger partial charge in [-0.1, -0.05) is 0 Å². The third-order valence-corrected chi connectivity index (χ3v) is 2.85. The zero-order valence-corrected chi connectivity index (χ0v) is 8.97. The number of anilines is 1. The first kappa shape index (κ1) is 9.59. The fourth-order valence-corrected chi connectivity index (χ4v) is 2.08. The average Bonchev–Trinajstić information content (AvgIpc) is 2.86. The molecule has 84 valence electrons. The lowest BCUT2D eigenvalue weighted by atomic mass is 10.1. The molecule has 3 rings (SSSR count). The average molecular weight is 218 g/mol. The number of imidazole rings is 1. The Morgan fingerprint density at radius 1 is 1.50 bits per heavy atom. The second-order valence-corrected chi connectivity index (χ2v) is 4.13. The lowest BCUT2D eigenvalue weighted by Gasteiger charge is -2.05. The number of nitrogens with zero attached hydrogens (tertiary/aromatic N) is 3. The van der Waals surface area contributed by atoms with Crippen molar-refractivity contribution >= 4 is 11.5 Å². The lowest BCUT2D eigenvalue weighted by Crippen LogP contribution is -2.08. The van der Waals surface area contributed by atoms with Crippen LogP contribution < -0.4 is 5.73 Å². The SMILES string of the molecule is Nc1ccc2nc(CC3CCCO3)cn2n1. The predicted molar refractivity (Wildman–Crippen MR) is 60.1 cm³/mol. The van der Waals surface area contributed by atoms with Crippen LogP contribution in [0, 0.1) is 0 Å². The number of ether oxygens (including phenoxy) is 1. The van der Waals surface area contributed by atoms with E-state index in [1.807, 2.05) is 12.3 Å². The molecular formula is C11H14N4O. The molecule has 0 amide bonds. The fourth-order valence-electron chi connectivity index (χ4n) is 2.08. The van der Waals surface area contributed by atoms with Crippen LogP contribution in [-0.4, -0.2) is 27.3 Å². The molecule has 1 aliphatic heterocycles. The maximum atomic E-state index is 5.61. The summed E-state index contributed by atoms with van der Waals surface area (Å²) >= 11 is 0. The van der Waals surface area contributed by atoms with Crippen LogP contribution in [0.2, 0.25) is 0 Å². The molecule has 1 unspecified atom stereocenters. The van der Waals surface area contributed by atoms with Crippen molar-refractivity contribution in [3.63, 3.8) is 0 Å². The van der Waals surface area contributed by atoms with Gasteiger partial charge in [0.2, 0.25) is 0 Å². The number of nitrogen functional groups attached to an aromatic ring is 1. The molecule has 2 N–H and O–H groups in total. The summed E-state index contributed by atoms with van der Waals surface area (Å²) in [7, 11) is 0. The van der Waals surface area contributed by atoms with E-state index < -0.39 is 0 Å². The second-order valence-electron chi connectivity index (χ2n) is 4.13. The fraction of sp³-hybridized carbons (Fsp3) is 0.455. The van der Waals surface area contributed by atoms with Crippen molar-refractivity contribution in [3.05, 3.63) is 24.0 Å². The summed E-state index contributed by atoms with van der Waals surface area (Å²) in [6.07, 6.45) is 5.39. The molecule has 1 fully saturated rings. The molecule has 0 radical (unpaired) electrons. The highest BCUT2D eigenvalue weighted by atomic mass is 16.5. The first-order chi connectivity index (χ1) is 7.81. The van der Waals surface area contributed by atoms with Crippen LogP contribution in [0.3, 0.4) is 0 Å². The van der Waals surface area contributed by atoms with Crippen LogP contribution in [0.5, 0.6) is 0 Å². The van der Waals surface area contributed by atoms with Crippen molar-refractivity contribution < 1.29 is 4.74 Å². The molecule has 2 aromatic rings. The maximum Gasteiger partial charge on any atom is 0.153 e. The van der Waals surface area contributed by atoms with E-state index in [9.17, 15) is 0 Å². The molecule has 1 saturated heterocycles. The molecule has 2 aromatic heterocycles. The Morgan fingerprint density at radius 3 is 3.25 bits per heavy atom. The number of nitrogens with two attached hydrogens (primary N) is 1. The largest absolute Gasteiger partial charge is 0.382 e. The smallest absolute Gasteiger partial charge is 0.153 e.